The minimum atomic E-state index is 0.232. The van der Waals surface area contributed by atoms with Crippen LogP contribution in [0.3, 0.4) is 0 Å². The Morgan fingerprint density at radius 2 is 2.09 bits per heavy atom. The maximum absolute atomic E-state index is 6.22. The number of aromatic nitrogens is 4. The van der Waals surface area contributed by atoms with Gasteiger partial charge >= 0.3 is 0 Å². The van der Waals surface area contributed by atoms with E-state index in [1.807, 2.05) is 6.07 Å². The molecule has 5 nitrogen and oxygen atoms in total. The number of nitrogens with one attached hydrogen (secondary N) is 1. The number of benzene rings is 1. The van der Waals surface area contributed by atoms with E-state index in [9.17, 15) is 0 Å². The first-order chi connectivity index (χ1) is 11.1. The molecule has 1 aromatic carbocycles. The number of halogens is 1. The maximum Gasteiger partial charge on any atom is 0.201 e. The van der Waals surface area contributed by atoms with E-state index < -0.39 is 0 Å². The molecule has 3 aromatic rings. The Morgan fingerprint density at radius 1 is 1.26 bits per heavy atom. The van der Waals surface area contributed by atoms with Crippen LogP contribution in [0.25, 0.3) is 5.65 Å². The number of anilines is 1. The van der Waals surface area contributed by atoms with Crippen molar-refractivity contribution in [1.29, 1.82) is 0 Å². The highest BCUT2D eigenvalue weighted by Crippen LogP contribution is 2.35. The van der Waals surface area contributed by atoms with Crippen LogP contribution in [-0.4, -0.2) is 19.8 Å². The fourth-order valence-electron chi connectivity index (χ4n) is 3.23. The standard InChI is InChI=1S/C17H18ClN5/c1-10(2)16-20-21-17-14(9-15(18)22-23(16)17)19-13-8-7-11-5-3-4-6-12(11)13/h3-6,9-10,13,19H,7-8H2,1-2H3. The number of nitrogens with zero attached hydrogens (tertiary/aromatic N) is 4. The first-order valence-electron chi connectivity index (χ1n) is 7.89. The van der Waals surface area contributed by atoms with Gasteiger partial charge in [-0.05, 0) is 24.0 Å². The summed E-state index contributed by atoms with van der Waals surface area (Å²) >= 11 is 6.22. The molecule has 2 heterocycles. The molecule has 1 atom stereocenters. The van der Waals surface area contributed by atoms with Gasteiger partial charge in [-0.2, -0.15) is 9.61 Å². The number of aryl methyl sites for hydroxylation is 1. The Hall–Kier alpha value is -2.14. The summed E-state index contributed by atoms with van der Waals surface area (Å²) in [5, 5.41) is 17.0. The Labute approximate surface area is 139 Å². The summed E-state index contributed by atoms with van der Waals surface area (Å²) in [7, 11) is 0. The first kappa shape index (κ1) is 14.5. The summed E-state index contributed by atoms with van der Waals surface area (Å²) in [6, 6.07) is 10.7. The van der Waals surface area contributed by atoms with Crippen molar-refractivity contribution in [3.63, 3.8) is 0 Å². The number of rotatable bonds is 3. The lowest BCUT2D eigenvalue weighted by Crippen LogP contribution is -2.10. The topological polar surface area (TPSA) is 55.1 Å². The summed E-state index contributed by atoms with van der Waals surface area (Å²) in [5.74, 6) is 1.05. The van der Waals surface area contributed by atoms with Crippen molar-refractivity contribution >= 4 is 22.9 Å². The second-order valence-electron chi connectivity index (χ2n) is 6.26. The molecule has 1 N–H and O–H groups in total. The van der Waals surface area contributed by atoms with Crippen LogP contribution in [0.2, 0.25) is 5.15 Å². The van der Waals surface area contributed by atoms with Gasteiger partial charge in [-0.3, -0.25) is 0 Å². The molecule has 0 fully saturated rings. The molecule has 2 aromatic heterocycles. The predicted octanol–water partition coefficient (Wildman–Crippen LogP) is 4.00. The van der Waals surface area contributed by atoms with Crippen LogP contribution in [-0.2, 0) is 6.42 Å². The van der Waals surface area contributed by atoms with E-state index in [2.05, 4.69) is 58.7 Å². The highest BCUT2D eigenvalue weighted by atomic mass is 35.5. The fourth-order valence-corrected chi connectivity index (χ4v) is 3.41. The molecule has 1 unspecified atom stereocenters. The summed E-state index contributed by atoms with van der Waals surface area (Å²) in [6.45, 7) is 4.14. The predicted molar refractivity (Wildman–Crippen MR) is 91.0 cm³/mol. The monoisotopic (exact) mass is 327 g/mol. The van der Waals surface area contributed by atoms with Gasteiger partial charge < -0.3 is 5.32 Å². The number of fused-ring (bicyclic) bond motifs is 2. The van der Waals surface area contributed by atoms with E-state index in [0.29, 0.717) is 5.15 Å². The Morgan fingerprint density at radius 3 is 2.91 bits per heavy atom. The third-order valence-electron chi connectivity index (χ3n) is 4.34. The van der Waals surface area contributed by atoms with Gasteiger partial charge in [-0.15, -0.1) is 10.2 Å². The van der Waals surface area contributed by atoms with E-state index in [0.717, 1.165) is 30.0 Å². The quantitative estimate of drug-likeness (QED) is 0.790. The molecular weight excluding hydrogens is 310 g/mol. The second kappa shape index (κ2) is 5.49. The van der Waals surface area contributed by atoms with Gasteiger partial charge in [0.2, 0.25) is 5.65 Å². The van der Waals surface area contributed by atoms with E-state index in [-0.39, 0.29) is 12.0 Å². The summed E-state index contributed by atoms with van der Waals surface area (Å²) in [5.41, 5.74) is 4.36. The summed E-state index contributed by atoms with van der Waals surface area (Å²) in [6.07, 6.45) is 2.16. The Bertz CT molecular complexity index is 871. The molecule has 118 valence electrons. The van der Waals surface area contributed by atoms with Gasteiger partial charge in [0.15, 0.2) is 11.0 Å². The zero-order valence-electron chi connectivity index (χ0n) is 13.1. The van der Waals surface area contributed by atoms with Crippen LogP contribution in [0.1, 0.15) is 49.2 Å². The molecule has 4 rings (SSSR count). The Balaban J connectivity index is 1.75. The van der Waals surface area contributed by atoms with Crippen LogP contribution < -0.4 is 5.32 Å². The third kappa shape index (κ3) is 2.45. The van der Waals surface area contributed by atoms with Gasteiger partial charge in [-0.1, -0.05) is 49.7 Å². The van der Waals surface area contributed by atoms with Gasteiger partial charge in [0, 0.05) is 12.0 Å². The number of hydrogen-bond donors (Lipinski definition) is 1. The van der Waals surface area contributed by atoms with Crippen molar-refractivity contribution in [3.05, 3.63) is 52.4 Å². The van der Waals surface area contributed by atoms with Gasteiger partial charge in [0.25, 0.3) is 0 Å². The molecule has 0 saturated carbocycles. The summed E-state index contributed by atoms with van der Waals surface area (Å²) in [4.78, 5) is 0. The lowest BCUT2D eigenvalue weighted by molar-refractivity contribution is 0.719. The van der Waals surface area contributed by atoms with Crippen LogP contribution in [0.4, 0.5) is 5.69 Å². The molecule has 0 amide bonds. The van der Waals surface area contributed by atoms with E-state index in [1.165, 1.54) is 11.1 Å². The zero-order valence-corrected chi connectivity index (χ0v) is 13.9. The van der Waals surface area contributed by atoms with Crippen LogP contribution >= 0.6 is 11.6 Å². The molecule has 0 radical (unpaired) electrons. The highest BCUT2D eigenvalue weighted by molar-refractivity contribution is 6.29. The first-order valence-corrected chi connectivity index (χ1v) is 8.27. The maximum atomic E-state index is 6.22. The molecule has 0 bridgehead atoms. The molecule has 0 saturated heterocycles. The Kier molecular flexibility index (Phi) is 3.45. The van der Waals surface area contributed by atoms with E-state index >= 15 is 0 Å². The van der Waals surface area contributed by atoms with Crippen molar-refractivity contribution in [3.8, 4) is 0 Å². The molecule has 0 spiro atoms. The highest BCUT2D eigenvalue weighted by Gasteiger charge is 2.23. The van der Waals surface area contributed by atoms with E-state index in [4.69, 9.17) is 11.6 Å². The normalized spacial score (nSPS) is 17.0. The van der Waals surface area contributed by atoms with Crippen molar-refractivity contribution < 1.29 is 0 Å². The second-order valence-corrected chi connectivity index (χ2v) is 6.65. The molecule has 1 aliphatic carbocycles. The lowest BCUT2D eigenvalue weighted by atomic mass is 10.1. The van der Waals surface area contributed by atoms with Crippen molar-refractivity contribution in [2.75, 3.05) is 5.32 Å². The van der Waals surface area contributed by atoms with Crippen molar-refractivity contribution in [1.82, 2.24) is 19.8 Å². The third-order valence-corrected chi connectivity index (χ3v) is 4.53. The fraction of sp³-hybridized carbons (Fsp3) is 0.353. The average Bonchev–Trinajstić information content (AvgIpc) is 3.12. The van der Waals surface area contributed by atoms with Crippen molar-refractivity contribution in [2.24, 2.45) is 0 Å². The van der Waals surface area contributed by atoms with Gasteiger partial charge in [0.1, 0.15) is 0 Å². The summed E-state index contributed by atoms with van der Waals surface area (Å²) < 4.78 is 1.75. The van der Waals surface area contributed by atoms with Crippen LogP contribution in [0, 0.1) is 0 Å². The average molecular weight is 328 g/mol. The number of hydrogen-bond acceptors (Lipinski definition) is 4. The minimum Gasteiger partial charge on any atom is -0.375 e. The lowest BCUT2D eigenvalue weighted by Gasteiger charge is -2.16. The molecule has 0 aliphatic heterocycles. The SMILES string of the molecule is CC(C)c1nnc2c(NC3CCc4ccccc43)cc(Cl)nn12. The smallest absolute Gasteiger partial charge is 0.201 e. The zero-order chi connectivity index (χ0) is 16.0. The molecule has 1 aliphatic rings. The molecular formula is C17H18ClN5. The van der Waals surface area contributed by atoms with Crippen LogP contribution in [0.5, 0.6) is 0 Å². The minimum absolute atomic E-state index is 0.232. The largest absolute Gasteiger partial charge is 0.375 e. The molecule has 23 heavy (non-hydrogen) atoms. The van der Waals surface area contributed by atoms with Crippen LogP contribution in [0.15, 0.2) is 30.3 Å². The van der Waals surface area contributed by atoms with Gasteiger partial charge in [0.05, 0.1) is 11.7 Å². The van der Waals surface area contributed by atoms with Crippen molar-refractivity contribution in [2.45, 2.75) is 38.6 Å². The van der Waals surface area contributed by atoms with E-state index in [1.54, 1.807) is 4.52 Å². The molecule has 6 heteroatoms. The van der Waals surface area contributed by atoms with Gasteiger partial charge in [-0.25, -0.2) is 0 Å².